The summed E-state index contributed by atoms with van der Waals surface area (Å²) in [5.41, 5.74) is 9.29. The molecule has 5 aromatic carbocycles. The largest absolute Gasteiger partial charge is 0.454 e. The first-order chi connectivity index (χ1) is 20.8. The zero-order chi connectivity index (χ0) is 27.8. The highest BCUT2D eigenvalue weighted by Gasteiger charge is 2.23. The first-order valence-corrected chi connectivity index (χ1v) is 14.3. The predicted molar refractivity (Wildman–Crippen MR) is 174 cm³/mol. The van der Waals surface area contributed by atoms with E-state index >= 15 is 0 Å². The van der Waals surface area contributed by atoms with Gasteiger partial charge in [-0.15, -0.1) is 0 Å². The Morgan fingerprint density at radius 1 is 0.738 bits per heavy atom. The van der Waals surface area contributed by atoms with Crippen LogP contribution in [0.1, 0.15) is 12.5 Å². The predicted octanol–water partition coefficient (Wildman–Crippen LogP) is 10.2. The second-order valence-electron chi connectivity index (χ2n) is 10.8. The number of imidazole rings is 1. The topological polar surface area (TPSA) is 35.4 Å². The van der Waals surface area contributed by atoms with Crippen LogP contribution in [0.2, 0.25) is 0 Å². The standard InChI is InChI=1S/C38H25N3O/c1-2-9-26-22-30-29-12-5-6-13-33(29)42-38(30)37-35(26)36-28-11-4-3-10-24(28)17-20-32(36)41(37)27-18-15-25(16-19-27)31-23-40-21-8-7-14-34(40)39-31/h2-23H,1H3/b9-2+. The molecule has 4 aromatic heterocycles. The number of hydrogen-bond acceptors (Lipinski definition) is 2. The molecule has 4 nitrogen and oxygen atoms in total. The molecule has 0 aliphatic heterocycles. The van der Waals surface area contributed by atoms with Crippen molar-refractivity contribution < 1.29 is 4.42 Å². The first kappa shape index (κ1) is 23.1. The van der Waals surface area contributed by atoms with Crippen molar-refractivity contribution >= 4 is 66.2 Å². The molecule has 9 rings (SSSR count). The molecule has 0 bridgehead atoms. The fraction of sp³-hybridized carbons (Fsp3) is 0.0263. The van der Waals surface area contributed by atoms with Crippen molar-refractivity contribution in [2.75, 3.05) is 0 Å². The van der Waals surface area contributed by atoms with Gasteiger partial charge in [0.25, 0.3) is 0 Å². The third kappa shape index (κ3) is 3.20. The summed E-state index contributed by atoms with van der Waals surface area (Å²) in [7, 11) is 0. The van der Waals surface area contributed by atoms with Crippen molar-refractivity contribution in [3.05, 3.63) is 133 Å². The Morgan fingerprint density at radius 2 is 1.55 bits per heavy atom. The highest BCUT2D eigenvalue weighted by atomic mass is 16.3. The van der Waals surface area contributed by atoms with Crippen LogP contribution in [-0.2, 0) is 0 Å². The minimum Gasteiger partial charge on any atom is -0.454 e. The first-order valence-electron chi connectivity index (χ1n) is 14.3. The Hall–Kier alpha value is -5.61. The monoisotopic (exact) mass is 539 g/mol. The van der Waals surface area contributed by atoms with Gasteiger partial charge in [0.05, 0.1) is 16.7 Å². The molecule has 42 heavy (non-hydrogen) atoms. The van der Waals surface area contributed by atoms with E-state index in [0.717, 1.165) is 55.6 Å². The van der Waals surface area contributed by atoms with Gasteiger partial charge in [-0.05, 0) is 65.7 Å². The fourth-order valence-corrected chi connectivity index (χ4v) is 6.60. The van der Waals surface area contributed by atoms with Gasteiger partial charge in [-0.3, -0.25) is 0 Å². The highest BCUT2D eigenvalue weighted by Crippen LogP contribution is 2.44. The number of aromatic nitrogens is 3. The Morgan fingerprint density at radius 3 is 2.40 bits per heavy atom. The SMILES string of the molecule is C/C=C/c1cc2c3ccccc3oc2c2c1c1c3ccccc3ccc1n2-c1ccc(-c2cn3ccccc3n2)cc1. The lowest BCUT2D eigenvalue weighted by molar-refractivity contribution is 0.671. The van der Waals surface area contributed by atoms with Crippen LogP contribution >= 0.6 is 0 Å². The van der Waals surface area contributed by atoms with E-state index in [1.54, 1.807) is 0 Å². The van der Waals surface area contributed by atoms with Crippen molar-refractivity contribution in [2.24, 2.45) is 0 Å². The molecule has 0 aliphatic rings. The van der Waals surface area contributed by atoms with Gasteiger partial charge < -0.3 is 13.4 Å². The molecule has 0 atom stereocenters. The molecule has 4 heteroatoms. The third-order valence-electron chi connectivity index (χ3n) is 8.43. The van der Waals surface area contributed by atoms with E-state index in [-0.39, 0.29) is 0 Å². The second-order valence-corrected chi connectivity index (χ2v) is 10.8. The molecular formula is C38H25N3O. The lowest BCUT2D eigenvalue weighted by atomic mass is 9.98. The van der Waals surface area contributed by atoms with Crippen molar-refractivity contribution in [3.8, 4) is 16.9 Å². The molecule has 0 amide bonds. The van der Waals surface area contributed by atoms with E-state index in [1.807, 2.05) is 30.5 Å². The van der Waals surface area contributed by atoms with Crippen molar-refractivity contribution in [1.82, 2.24) is 14.0 Å². The highest BCUT2D eigenvalue weighted by molar-refractivity contribution is 6.29. The van der Waals surface area contributed by atoms with E-state index in [1.165, 1.54) is 27.1 Å². The lowest BCUT2D eigenvalue weighted by Gasteiger charge is -2.10. The Kier molecular flexibility index (Phi) is 4.79. The lowest BCUT2D eigenvalue weighted by Crippen LogP contribution is -1.94. The van der Waals surface area contributed by atoms with Crippen LogP contribution in [-0.4, -0.2) is 14.0 Å². The number of rotatable bonds is 3. The summed E-state index contributed by atoms with van der Waals surface area (Å²) in [5.74, 6) is 0. The number of para-hydroxylation sites is 1. The zero-order valence-electron chi connectivity index (χ0n) is 23.0. The van der Waals surface area contributed by atoms with Crippen LogP contribution in [0.4, 0.5) is 0 Å². The maximum atomic E-state index is 6.67. The normalized spacial score (nSPS) is 12.3. The molecule has 0 spiro atoms. The smallest absolute Gasteiger partial charge is 0.160 e. The molecule has 0 aliphatic carbocycles. The van der Waals surface area contributed by atoms with Crippen LogP contribution in [0.5, 0.6) is 0 Å². The Labute approximate surface area is 241 Å². The van der Waals surface area contributed by atoms with Crippen LogP contribution in [0.15, 0.2) is 132 Å². The molecule has 0 N–H and O–H groups in total. The molecule has 0 saturated carbocycles. The molecule has 198 valence electrons. The van der Waals surface area contributed by atoms with Crippen molar-refractivity contribution in [2.45, 2.75) is 6.92 Å². The molecule has 0 saturated heterocycles. The van der Waals surface area contributed by atoms with Gasteiger partial charge in [0.15, 0.2) is 5.58 Å². The maximum absolute atomic E-state index is 6.67. The summed E-state index contributed by atoms with van der Waals surface area (Å²) in [4.78, 5) is 4.84. The van der Waals surface area contributed by atoms with Gasteiger partial charge in [-0.2, -0.15) is 0 Å². The molecule has 0 fully saturated rings. The molecular weight excluding hydrogens is 514 g/mol. The fourth-order valence-electron chi connectivity index (χ4n) is 6.60. The van der Waals surface area contributed by atoms with Crippen LogP contribution in [0, 0.1) is 0 Å². The number of furan rings is 1. The van der Waals surface area contributed by atoms with E-state index in [9.17, 15) is 0 Å². The number of allylic oxidation sites excluding steroid dienone is 1. The van der Waals surface area contributed by atoms with E-state index in [0.29, 0.717) is 0 Å². The summed E-state index contributed by atoms with van der Waals surface area (Å²) < 4.78 is 11.1. The quantitative estimate of drug-likeness (QED) is 0.224. The minimum absolute atomic E-state index is 0.898. The number of pyridine rings is 1. The summed E-state index contributed by atoms with van der Waals surface area (Å²) in [6.45, 7) is 2.08. The Balaban J connectivity index is 1.41. The zero-order valence-corrected chi connectivity index (χ0v) is 23.0. The maximum Gasteiger partial charge on any atom is 0.160 e. The average molecular weight is 540 g/mol. The van der Waals surface area contributed by atoms with Crippen LogP contribution in [0.25, 0.3) is 83.2 Å². The van der Waals surface area contributed by atoms with Gasteiger partial charge in [-0.25, -0.2) is 4.98 Å². The summed E-state index contributed by atoms with van der Waals surface area (Å²) in [6, 6.07) is 38.6. The van der Waals surface area contributed by atoms with Gasteiger partial charge in [-0.1, -0.05) is 78.9 Å². The van der Waals surface area contributed by atoms with E-state index in [4.69, 9.17) is 9.40 Å². The van der Waals surface area contributed by atoms with Crippen LogP contribution in [0.3, 0.4) is 0 Å². The summed E-state index contributed by atoms with van der Waals surface area (Å²) in [5, 5.41) is 7.16. The van der Waals surface area contributed by atoms with Gasteiger partial charge in [0.2, 0.25) is 0 Å². The molecule has 0 radical (unpaired) electrons. The number of hydrogen-bond donors (Lipinski definition) is 0. The second kappa shape index (κ2) is 8.69. The molecule has 9 aromatic rings. The molecule has 4 heterocycles. The molecule has 0 unspecified atom stereocenters. The number of benzene rings is 5. The summed E-state index contributed by atoms with van der Waals surface area (Å²) in [6.07, 6.45) is 8.46. The number of fused-ring (bicyclic) bond motifs is 10. The van der Waals surface area contributed by atoms with Gasteiger partial charge in [0, 0.05) is 45.2 Å². The van der Waals surface area contributed by atoms with E-state index < -0.39 is 0 Å². The third-order valence-corrected chi connectivity index (χ3v) is 8.43. The number of nitrogens with zero attached hydrogens (tertiary/aromatic N) is 3. The summed E-state index contributed by atoms with van der Waals surface area (Å²) >= 11 is 0. The Bertz CT molecular complexity index is 2490. The van der Waals surface area contributed by atoms with Gasteiger partial charge >= 0.3 is 0 Å². The van der Waals surface area contributed by atoms with Gasteiger partial charge in [0.1, 0.15) is 11.2 Å². The van der Waals surface area contributed by atoms with Crippen molar-refractivity contribution in [1.29, 1.82) is 0 Å². The average Bonchev–Trinajstić information content (AvgIpc) is 3.73. The van der Waals surface area contributed by atoms with Crippen LogP contribution < -0.4 is 0 Å². The minimum atomic E-state index is 0.898. The van der Waals surface area contributed by atoms with Crippen molar-refractivity contribution in [3.63, 3.8) is 0 Å². The van der Waals surface area contributed by atoms with E-state index in [2.05, 4.69) is 119 Å².